The fourth-order valence-corrected chi connectivity index (χ4v) is 6.60. The van der Waals surface area contributed by atoms with Crippen molar-refractivity contribution in [2.75, 3.05) is 29.6 Å². The van der Waals surface area contributed by atoms with E-state index in [0.29, 0.717) is 0 Å². The van der Waals surface area contributed by atoms with Crippen LogP contribution in [0.2, 0.25) is 0 Å². The maximum absolute atomic E-state index is 12.8. The van der Waals surface area contributed by atoms with Gasteiger partial charge in [0.25, 0.3) is 11.8 Å². The van der Waals surface area contributed by atoms with Gasteiger partial charge in [-0.2, -0.15) is 0 Å². The van der Waals surface area contributed by atoms with Crippen molar-refractivity contribution in [3.63, 3.8) is 0 Å². The minimum atomic E-state index is -4.03. The third-order valence-electron chi connectivity index (χ3n) is 4.56. The number of aliphatic carboxylic acids is 1. The summed E-state index contributed by atoms with van der Waals surface area (Å²) in [6, 6.07) is -1.10. The molecule has 2 atom stereocenters. The first kappa shape index (κ1) is 25.4. The number of carbonyl (C=O) groups is 4. The molecule has 3 rings (SSSR count). The molecule has 14 nitrogen and oxygen atoms in total. The van der Waals surface area contributed by atoms with E-state index in [0.717, 1.165) is 28.0 Å². The number of thioether (sulfide) groups is 1. The van der Waals surface area contributed by atoms with E-state index in [2.05, 4.69) is 15.5 Å². The number of thiazole rings is 1. The van der Waals surface area contributed by atoms with Crippen LogP contribution in [0.1, 0.15) is 12.6 Å². The molecule has 1 unspecified atom stereocenters. The largest absolute Gasteiger partial charge is 0.477 e. The third kappa shape index (κ3) is 5.31. The lowest BCUT2D eigenvalue weighted by molar-refractivity contribution is -0.150. The number of carboxylic acids is 1. The van der Waals surface area contributed by atoms with Crippen molar-refractivity contribution in [1.29, 1.82) is 0 Å². The van der Waals surface area contributed by atoms with Crippen LogP contribution < -0.4 is 16.8 Å². The molecule has 0 spiro atoms. The van der Waals surface area contributed by atoms with Gasteiger partial charge in [0, 0.05) is 11.1 Å². The summed E-state index contributed by atoms with van der Waals surface area (Å²) in [7, 11) is -4.03. The van der Waals surface area contributed by atoms with E-state index in [9.17, 15) is 32.7 Å². The number of anilines is 1. The number of aromatic nitrogens is 1. The molecule has 1 fully saturated rings. The van der Waals surface area contributed by atoms with Crippen LogP contribution in [-0.2, 0) is 33.9 Å². The fraction of sp³-hybridized carbons (Fsp3) is 0.412. The molecule has 3 amide bonds. The Morgan fingerprint density at radius 2 is 2.12 bits per heavy atom. The Morgan fingerprint density at radius 1 is 1.41 bits per heavy atom. The number of fused-ring (bicyclic) bond motifs is 1. The minimum Gasteiger partial charge on any atom is -0.477 e. The molecule has 0 saturated carbocycles. The number of rotatable bonds is 10. The number of oxime groups is 1. The van der Waals surface area contributed by atoms with Gasteiger partial charge in [0.05, 0.1) is 5.75 Å². The Bertz CT molecular complexity index is 1210. The molecule has 1 saturated heterocycles. The second-order valence-corrected chi connectivity index (χ2v) is 11.1. The number of hydrogen-bond acceptors (Lipinski definition) is 12. The van der Waals surface area contributed by atoms with Crippen molar-refractivity contribution in [3.8, 4) is 0 Å². The van der Waals surface area contributed by atoms with Crippen molar-refractivity contribution < 1.29 is 37.5 Å². The van der Waals surface area contributed by atoms with Crippen LogP contribution in [0.4, 0.5) is 5.13 Å². The number of primary amides is 1. The summed E-state index contributed by atoms with van der Waals surface area (Å²) in [4.78, 5) is 58.3. The highest BCUT2D eigenvalue weighted by Gasteiger charge is 2.54. The molecular weight excluding hydrogens is 512 g/mol. The fourth-order valence-electron chi connectivity index (χ4n) is 3.27. The van der Waals surface area contributed by atoms with E-state index in [-0.39, 0.29) is 34.5 Å². The van der Waals surface area contributed by atoms with Crippen molar-refractivity contribution in [2.45, 2.75) is 18.3 Å². The van der Waals surface area contributed by atoms with Crippen LogP contribution >= 0.6 is 23.1 Å². The van der Waals surface area contributed by atoms with Gasteiger partial charge in [0.15, 0.2) is 20.7 Å². The van der Waals surface area contributed by atoms with Crippen LogP contribution in [0.3, 0.4) is 0 Å². The number of hydrogen-bond donors (Lipinski definition) is 4. The van der Waals surface area contributed by atoms with E-state index >= 15 is 0 Å². The zero-order valence-electron chi connectivity index (χ0n) is 17.6. The quantitative estimate of drug-likeness (QED) is 0.148. The highest BCUT2D eigenvalue weighted by molar-refractivity contribution is 8.00. The summed E-state index contributed by atoms with van der Waals surface area (Å²) in [5, 5.41) is 16.8. The molecule has 184 valence electrons. The lowest BCUT2D eigenvalue weighted by atomic mass is 10.0. The van der Waals surface area contributed by atoms with Gasteiger partial charge in [-0.25, -0.2) is 18.2 Å². The van der Waals surface area contributed by atoms with Crippen LogP contribution in [0, 0.1) is 0 Å². The summed E-state index contributed by atoms with van der Waals surface area (Å²) in [6.07, 6.45) is 0. The number of carbonyl (C=O) groups excluding carboxylic acids is 3. The third-order valence-corrected chi connectivity index (χ3v) is 8.08. The van der Waals surface area contributed by atoms with Gasteiger partial charge in [-0.15, -0.1) is 23.1 Å². The average Bonchev–Trinajstić information content (AvgIpc) is 3.16. The van der Waals surface area contributed by atoms with Crippen molar-refractivity contribution in [1.82, 2.24) is 15.2 Å². The number of amides is 3. The zero-order valence-corrected chi connectivity index (χ0v) is 20.0. The summed E-state index contributed by atoms with van der Waals surface area (Å²) in [5.74, 6) is -5.86. The number of β-lactam (4-membered cyclic amide) rings is 1. The van der Waals surface area contributed by atoms with Gasteiger partial charge in [-0.3, -0.25) is 19.3 Å². The topological polar surface area (TPSA) is 224 Å². The number of sulfone groups is 1. The van der Waals surface area contributed by atoms with Gasteiger partial charge in [0.1, 0.15) is 35.2 Å². The van der Waals surface area contributed by atoms with Gasteiger partial charge in [-0.05, 0) is 12.5 Å². The molecule has 1 aromatic heterocycles. The molecule has 1 aromatic rings. The molecule has 0 aliphatic carbocycles. The van der Waals surface area contributed by atoms with E-state index in [1.54, 1.807) is 6.92 Å². The van der Waals surface area contributed by atoms with E-state index in [1.165, 1.54) is 5.38 Å². The highest BCUT2D eigenvalue weighted by Crippen LogP contribution is 2.40. The smallest absolute Gasteiger partial charge is 0.352 e. The lowest BCUT2D eigenvalue weighted by Crippen LogP contribution is -2.71. The summed E-state index contributed by atoms with van der Waals surface area (Å²) in [5.41, 5.74) is 9.92. The number of nitrogens with one attached hydrogen (secondary N) is 1. The normalized spacial score (nSPS) is 20.4. The molecule has 2 aliphatic heterocycles. The molecule has 0 radical (unpaired) electrons. The van der Waals surface area contributed by atoms with Crippen molar-refractivity contribution in [2.24, 2.45) is 10.9 Å². The Balaban J connectivity index is 1.81. The monoisotopic (exact) mass is 532 g/mol. The van der Waals surface area contributed by atoms with Crippen molar-refractivity contribution in [3.05, 3.63) is 22.3 Å². The maximum Gasteiger partial charge on any atom is 0.352 e. The number of carboxylic acid groups (broad SMARTS) is 1. The molecular formula is C17H20N6O8S3. The van der Waals surface area contributed by atoms with Crippen LogP contribution in [-0.4, -0.2) is 88.1 Å². The van der Waals surface area contributed by atoms with Gasteiger partial charge in [-0.1, -0.05) is 5.16 Å². The number of nitrogen functional groups attached to an aromatic ring is 1. The SMILES string of the molecule is CCO/N=C(\C(=O)NC1C(=O)N2C(C(=O)O)=C(CS(=O)(=O)CC(N)=O)CS[C@H]12)c1csc(N)n1. The number of nitrogens with zero attached hydrogens (tertiary/aromatic N) is 3. The molecule has 34 heavy (non-hydrogen) atoms. The first-order valence-corrected chi connectivity index (χ1v) is 13.3. The van der Waals surface area contributed by atoms with Crippen LogP contribution in [0.25, 0.3) is 0 Å². The molecule has 0 bridgehead atoms. The Kier molecular flexibility index (Phi) is 7.47. The number of nitrogens with two attached hydrogens (primary N) is 2. The second-order valence-electron chi connectivity index (χ2n) is 7.05. The summed E-state index contributed by atoms with van der Waals surface area (Å²) < 4.78 is 24.3. The first-order valence-electron chi connectivity index (χ1n) is 9.56. The van der Waals surface area contributed by atoms with E-state index in [1.807, 2.05) is 0 Å². The first-order chi connectivity index (χ1) is 15.9. The Labute approximate surface area is 201 Å². The van der Waals surface area contributed by atoms with E-state index in [4.69, 9.17) is 16.3 Å². The van der Waals surface area contributed by atoms with E-state index < -0.39 is 62.1 Å². The van der Waals surface area contributed by atoms with Crippen LogP contribution in [0.15, 0.2) is 21.8 Å². The standard InChI is InChI=1S/C17H20N6O8S3/c1-2-31-22-10(8-4-33-17(19)20-8)13(25)21-11-14(26)23-12(16(27)28)7(3-32-15(11)23)5-34(29,30)6-9(18)24/h4,11,15H,2-3,5-6H2,1H3,(H2,18,24)(H2,19,20)(H,21,25)(H,27,28)/b22-10-/t11?,15-/m1/s1. The molecule has 0 aromatic carbocycles. The lowest BCUT2D eigenvalue weighted by Gasteiger charge is -2.49. The predicted molar refractivity (Wildman–Crippen MR) is 122 cm³/mol. The van der Waals surface area contributed by atoms with Crippen molar-refractivity contribution >= 4 is 67.5 Å². The maximum atomic E-state index is 12.8. The molecule has 6 N–H and O–H groups in total. The molecule has 2 aliphatic rings. The second kappa shape index (κ2) is 9.98. The minimum absolute atomic E-state index is 0.0512. The molecule has 17 heteroatoms. The predicted octanol–water partition coefficient (Wildman–Crippen LogP) is -1.90. The Hall–Kier alpha value is -3.18. The average molecular weight is 533 g/mol. The van der Waals surface area contributed by atoms with Gasteiger partial charge < -0.3 is 26.7 Å². The summed E-state index contributed by atoms with van der Waals surface area (Å²) in [6.45, 7) is 1.82. The summed E-state index contributed by atoms with van der Waals surface area (Å²) >= 11 is 2.14. The van der Waals surface area contributed by atoms with Gasteiger partial charge in [0.2, 0.25) is 5.91 Å². The van der Waals surface area contributed by atoms with Gasteiger partial charge >= 0.3 is 5.97 Å². The zero-order chi connectivity index (χ0) is 25.2. The molecule has 3 heterocycles. The van der Waals surface area contributed by atoms with Crippen LogP contribution in [0.5, 0.6) is 0 Å². The Morgan fingerprint density at radius 3 is 2.68 bits per heavy atom. The highest BCUT2D eigenvalue weighted by atomic mass is 32.2.